The van der Waals surface area contributed by atoms with Crippen molar-refractivity contribution in [1.29, 1.82) is 5.41 Å². The van der Waals surface area contributed by atoms with Gasteiger partial charge in [-0.25, -0.2) is 4.39 Å². The second-order valence-corrected chi connectivity index (χ2v) is 3.73. The third-order valence-corrected chi connectivity index (χ3v) is 2.48. The lowest BCUT2D eigenvalue weighted by Crippen LogP contribution is -2.06. The van der Waals surface area contributed by atoms with Crippen molar-refractivity contribution in [2.45, 2.75) is 0 Å². The molecule has 3 nitrogen and oxygen atoms in total. The van der Waals surface area contributed by atoms with Crippen molar-refractivity contribution in [1.82, 2.24) is 0 Å². The molecule has 4 heteroatoms. The first-order valence-corrected chi connectivity index (χ1v) is 5.08. The standard InChI is InChI=1S/C13H12FN3/c14-9-3-1-8(2-4-9)13(17)11-7-10(15)5-6-12(11)16/h1-7,17H,15-16H2. The molecule has 0 bridgehead atoms. The lowest BCUT2D eigenvalue weighted by molar-refractivity contribution is 0.628. The van der Waals surface area contributed by atoms with Crippen LogP contribution >= 0.6 is 0 Å². The smallest absolute Gasteiger partial charge is 0.123 e. The Bertz CT molecular complexity index is 561. The Morgan fingerprint density at radius 1 is 1.00 bits per heavy atom. The predicted molar refractivity (Wildman–Crippen MR) is 67.6 cm³/mol. The molecule has 0 atom stereocenters. The van der Waals surface area contributed by atoms with Crippen LogP contribution in [0.3, 0.4) is 0 Å². The second kappa shape index (κ2) is 4.25. The Kier molecular flexibility index (Phi) is 2.78. The third kappa shape index (κ3) is 2.25. The molecule has 0 aromatic heterocycles. The van der Waals surface area contributed by atoms with Crippen LogP contribution in [0.4, 0.5) is 15.8 Å². The number of nitrogens with one attached hydrogen (secondary N) is 1. The molecule has 17 heavy (non-hydrogen) atoms. The number of nitrogens with two attached hydrogens (primary N) is 2. The molecule has 0 unspecified atom stereocenters. The molecule has 2 rings (SSSR count). The first-order valence-electron chi connectivity index (χ1n) is 5.08. The van der Waals surface area contributed by atoms with Gasteiger partial charge in [0.25, 0.3) is 0 Å². The molecule has 86 valence electrons. The van der Waals surface area contributed by atoms with Crippen LogP contribution in [0.15, 0.2) is 42.5 Å². The molecule has 0 spiro atoms. The van der Waals surface area contributed by atoms with Crippen LogP contribution in [0.2, 0.25) is 0 Å². The van der Waals surface area contributed by atoms with Gasteiger partial charge >= 0.3 is 0 Å². The highest BCUT2D eigenvalue weighted by Crippen LogP contribution is 2.19. The van der Waals surface area contributed by atoms with Crippen LogP contribution < -0.4 is 11.5 Å². The fourth-order valence-corrected chi connectivity index (χ4v) is 1.56. The highest BCUT2D eigenvalue weighted by molar-refractivity contribution is 6.14. The van der Waals surface area contributed by atoms with Crippen molar-refractivity contribution in [3.63, 3.8) is 0 Å². The van der Waals surface area contributed by atoms with Crippen molar-refractivity contribution in [3.05, 3.63) is 59.4 Å². The first kappa shape index (κ1) is 11.1. The summed E-state index contributed by atoms with van der Waals surface area (Å²) in [6.45, 7) is 0. The topological polar surface area (TPSA) is 75.9 Å². The van der Waals surface area contributed by atoms with Gasteiger partial charge in [-0.3, -0.25) is 5.41 Å². The fraction of sp³-hybridized carbons (Fsp3) is 0. The van der Waals surface area contributed by atoms with Crippen LogP contribution in [-0.4, -0.2) is 5.71 Å². The van der Waals surface area contributed by atoms with E-state index in [9.17, 15) is 4.39 Å². The third-order valence-electron chi connectivity index (χ3n) is 2.48. The van der Waals surface area contributed by atoms with Crippen LogP contribution in [0, 0.1) is 11.2 Å². The zero-order valence-corrected chi connectivity index (χ0v) is 9.07. The quantitative estimate of drug-likeness (QED) is 0.546. The minimum absolute atomic E-state index is 0.231. The van der Waals surface area contributed by atoms with E-state index in [-0.39, 0.29) is 11.5 Å². The molecule has 0 radical (unpaired) electrons. The van der Waals surface area contributed by atoms with Crippen molar-refractivity contribution in [2.24, 2.45) is 0 Å². The Morgan fingerprint density at radius 3 is 2.29 bits per heavy atom. The zero-order chi connectivity index (χ0) is 12.4. The normalized spacial score (nSPS) is 10.2. The van der Waals surface area contributed by atoms with E-state index in [0.717, 1.165) is 0 Å². The maximum absolute atomic E-state index is 12.8. The molecule has 0 saturated carbocycles. The average Bonchev–Trinajstić information content (AvgIpc) is 2.32. The van der Waals surface area contributed by atoms with Crippen molar-refractivity contribution in [2.75, 3.05) is 11.5 Å². The largest absolute Gasteiger partial charge is 0.399 e. The van der Waals surface area contributed by atoms with E-state index < -0.39 is 0 Å². The molecule has 0 aliphatic carbocycles. The molecule has 0 fully saturated rings. The van der Waals surface area contributed by atoms with E-state index in [1.807, 2.05) is 0 Å². The summed E-state index contributed by atoms with van der Waals surface area (Å²) >= 11 is 0. The van der Waals surface area contributed by atoms with E-state index in [0.29, 0.717) is 22.5 Å². The number of anilines is 2. The number of benzene rings is 2. The highest BCUT2D eigenvalue weighted by atomic mass is 19.1. The monoisotopic (exact) mass is 229 g/mol. The van der Waals surface area contributed by atoms with Crippen LogP contribution in [-0.2, 0) is 0 Å². The van der Waals surface area contributed by atoms with Crippen LogP contribution in [0.1, 0.15) is 11.1 Å². The number of rotatable bonds is 2. The molecular weight excluding hydrogens is 217 g/mol. The summed E-state index contributed by atoms with van der Waals surface area (Å²) in [5, 5.41) is 8.02. The molecular formula is C13H12FN3. The fourth-order valence-electron chi connectivity index (χ4n) is 1.56. The van der Waals surface area contributed by atoms with Gasteiger partial charge in [0.05, 0.1) is 5.71 Å². The molecule has 0 aliphatic heterocycles. The SMILES string of the molecule is N=C(c1ccc(F)cc1)c1cc(N)ccc1N. The lowest BCUT2D eigenvalue weighted by atomic mass is 10.0. The van der Waals surface area contributed by atoms with Crippen molar-refractivity contribution < 1.29 is 4.39 Å². The number of hydrogen-bond acceptors (Lipinski definition) is 3. The Hall–Kier alpha value is -2.36. The van der Waals surface area contributed by atoms with Crippen molar-refractivity contribution >= 4 is 17.1 Å². The minimum atomic E-state index is -0.331. The lowest BCUT2D eigenvalue weighted by Gasteiger charge is -2.08. The number of halogens is 1. The summed E-state index contributed by atoms with van der Waals surface area (Å²) in [5.41, 5.74) is 13.8. The molecule has 2 aromatic carbocycles. The zero-order valence-electron chi connectivity index (χ0n) is 9.07. The number of hydrogen-bond donors (Lipinski definition) is 3. The Balaban J connectivity index is 2.43. The van der Waals surface area contributed by atoms with E-state index >= 15 is 0 Å². The Morgan fingerprint density at radius 2 is 1.65 bits per heavy atom. The maximum Gasteiger partial charge on any atom is 0.123 e. The first-order chi connectivity index (χ1) is 8.08. The molecule has 0 heterocycles. The van der Waals surface area contributed by atoms with E-state index in [4.69, 9.17) is 16.9 Å². The average molecular weight is 229 g/mol. The van der Waals surface area contributed by atoms with Gasteiger partial charge in [0.15, 0.2) is 0 Å². The summed E-state index contributed by atoms with van der Waals surface area (Å²) in [4.78, 5) is 0. The molecule has 2 aromatic rings. The highest BCUT2D eigenvalue weighted by Gasteiger charge is 2.08. The Labute approximate surface area is 98.4 Å². The minimum Gasteiger partial charge on any atom is -0.399 e. The summed E-state index contributed by atoms with van der Waals surface area (Å²) in [7, 11) is 0. The molecule has 0 saturated heterocycles. The van der Waals surface area contributed by atoms with Gasteiger partial charge in [0.2, 0.25) is 0 Å². The van der Waals surface area contributed by atoms with Gasteiger partial charge in [0, 0.05) is 22.5 Å². The second-order valence-electron chi connectivity index (χ2n) is 3.73. The van der Waals surface area contributed by atoms with Gasteiger partial charge in [-0.15, -0.1) is 0 Å². The van der Waals surface area contributed by atoms with Gasteiger partial charge in [-0.05, 0) is 42.5 Å². The summed E-state index contributed by atoms with van der Waals surface area (Å²) in [6.07, 6.45) is 0. The van der Waals surface area contributed by atoms with Crippen LogP contribution in [0.25, 0.3) is 0 Å². The van der Waals surface area contributed by atoms with Gasteiger partial charge in [-0.2, -0.15) is 0 Å². The summed E-state index contributed by atoms with van der Waals surface area (Å²) < 4.78 is 12.8. The molecule has 0 aliphatic rings. The predicted octanol–water partition coefficient (Wildman–Crippen LogP) is 2.41. The van der Waals surface area contributed by atoms with Gasteiger partial charge in [0.1, 0.15) is 5.82 Å². The van der Waals surface area contributed by atoms with E-state index in [1.54, 1.807) is 30.3 Å². The van der Waals surface area contributed by atoms with Gasteiger partial charge < -0.3 is 11.5 Å². The molecule has 5 N–H and O–H groups in total. The van der Waals surface area contributed by atoms with E-state index in [1.165, 1.54) is 12.1 Å². The maximum atomic E-state index is 12.8. The summed E-state index contributed by atoms with van der Waals surface area (Å²) in [6, 6.07) is 10.7. The summed E-state index contributed by atoms with van der Waals surface area (Å²) in [5.74, 6) is -0.331. The van der Waals surface area contributed by atoms with Gasteiger partial charge in [-0.1, -0.05) is 0 Å². The molecule has 0 amide bonds. The van der Waals surface area contributed by atoms with Crippen molar-refractivity contribution in [3.8, 4) is 0 Å². The van der Waals surface area contributed by atoms with E-state index in [2.05, 4.69) is 0 Å². The number of nitrogen functional groups attached to an aromatic ring is 2. The van der Waals surface area contributed by atoms with Crippen LogP contribution in [0.5, 0.6) is 0 Å².